The lowest BCUT2D eigenvalue weighted by atomic mass is 9.92. The molecule has 0 unspecified atom stereocenters. The molecule has 2 heterocycles. The minimum atomic E-state index is -5.08. The molecule has 6 nitrogen and oxygen atoms in total. The Morgan fingerprint density at radius 2 is 1.87 bits per heavy atom. The molecular weight excluding hydrogens is 315 g/mol. The van der Waals surface area contributed by atoms with Crippen LogP contribution in [-0.2, 0) is 9.53 Å². The fourth-order valence-corrected chi connectivity index (χ4v) is 1.76. The minimum absolute atomic E-state index is 0.304. The maximum atomic E-state index is 10.6. The monoisotopic (exact) mass is 331 g/mol. The Kier molecular flexibility index (Phi) is 6.93. The number of ether oxygens (including phenoxy) is 1. The van der Waals surface area contributed by atoms with E-state index in [-0.39, 0.29) is 5.60 Å². The molecule has 1 aliphatic heterocycles. The largest absolute Gasteiger partial charge is 0.490 e. The number of carboxylic acids is 1. The summed E-state index contributed by atoms with van der Waals surface area (Å²) in [6.07, 6.45) is 1.69. The zero-order valence-corrected chi connectivity index (χ0v) is 12.4. The molecule has 0 bridgehead atoms. The highest BCUT2D eigenvalue weighted by Gasteiger charge is 2.38. The second-order valence-corrected chi connectivity index (χ2v) is 4.63. The van der Waals surface area contributed by atoms with Crippen LogP contribution in [0.1, 0.15) is 18.4 Å². The maximum absolute atomic E-state index is 10.6. The number of hydrogen-bond donors (Lipinski definition) is 2. The maximum Gasteiger partial charge on any atom is 0.490 e. The summed E-state index contributed by atoms with van der Waals surface area (Å²) in [5.41, 5.74) is 0.527. The van der Waals surface area contributed by atoms with Gasteiger partial charge in [0.25, 0.3) is 0 Å². The second kappa shape index (κ2) is 8.45. The van der Waals surface area contributed by atoms with Crippen molar-refractivity contribution in [1.29, 1.82) is 0 Å². The van der Waals surface area contributed by atoms with Crippen LogP contribution in [0.3, 0.4) is 0 Å². The molecule has 2 N–H and O–H groups in total. The number of aliphatic carboxylic acids is 1. The summed E-state index contributed by atoms with van der Waals surface area (Å²) in [4.78, 5) is 16.8. The summed E-state index contributed by atoms with van der Waals surface area (Å²) in [5.74, 6) is 3.53. The summed E-state index contributed by atoms with van der Waals surface area (Å²) >= 11 is 0. The van der Waals surface area contributed by atoms with Crippen molar-refractivity contribution in [3.8, 4) is 11.8 Å². The number of alkyl halides is 3. The number of carboxylic acid groups (broad SMARTS) is 1. The van der Waals surface area contributed by atoms with E-state index in [0.29, 0.717) is 0 Å². The van der Waals surface area contributed by atoms with Crippen LogP contribution >= 0.6 is 0 Å². The number of carbonyl (C=O) groups is 1. The van der Waals surface area contributed by atoms with Gasteiger partial charge in [-0.05, 0) is 13.1 Å². The van der Waals surface area contributed by atoms with Crippen LogP contribution in [-0.4, -0.2) is 53.0 Å². The van der Waals surface area contributed by atoms with Gasteiger partial charge in [0, 0.05) is 32.3 Å². The van der Waals surface area contributed by atoms with Crippen molar-refractivity contribution in [2.24, 2.45) is 0 Å². The molecule has 0 radical (unpaired) electrons. The zero-order valence-electron chi connectivity index (χ0n) is 12.4. The molecule has 9 heteroatoms. The van der Waals surface area contributed by atoms with E-state index >= 15 is 0 Å². The van der Waals surface area contributed by atoms with Gasteiger partial charge in [-0.25, -0.2) is 14.8 Å². The quantitative estimate of drug-likeness (QED) is 0.753. The number of nitrogens with zero attached hydrogens (tertiary/aromatic N) is 2. The van der Waals surface area contributed by atoms with Gasteiger partial charge in [0.15, 0.2) is 0 Å². The molecule has 0 atom stereocenters. The third-order valence-electron chi connectivity index (χ3n) is 3.04. The van der Waals surface area contributed by atoms with Crippen molar-refractivity contribution < 1.29 is 27.8 Å². The van der Waals surface area contributed by atoms with Crippen molar-refractivity contribution in [2.45, 2.75) is 24.6 Å². The van der Waals surface area contributed by atoms with Gasteiger partial charge in [-0.3, -0.25) is 0 Å². The lowest BCUT2D eigenvalue weighted by molar-refractivity contribution is -0.192. The number of nitrogens with one attached hydrogen (secondary N) is 1. The van der Waals surface area contributed by atoms with Gasteiger partial charge < -0.3 is 15.2 Å². The first kappa shape index (κ1) is 18.9. The molecule has 126 valence electrons. The van der Waals surface area contributed by atoms with E-state index < -0.39 is 12.1 Å². The predicted molar refractivity (Wildman–Crippen MR) is 74.4 cm³/mol. The molecule has 0 saturated carbocycles. The Balaban J connectivity index is 0.000000322. The van der Waals surface area contributed by atoms with E-state index in [9.17, 15) is 13.2 Å². The molecule has 0 spiro atoms. The second-order valence-electron chi connectivity index (χ2n) is 4.63. The Hall–Kier alpha value is -2.18. The van der Waals surface area contributed by atoms with Gasteiger partial charge in [-0.15, -0.1) is 0 Å². The van der Waals surface area contributed by atoms with Crippen molar-refractivity contribution in [1.82, 2.24) is 15.3 Å². The summed E-state index contributed by atoms with van der Waals surface area (Å²) in [6, 6.07) is 0. The van der Waals surface area contributed by atoms with Crippen molar-refractivity contribution >= 4 is 5.97 Å². The molecule has 0 aliphatic carbocycles. The molecule has 1 aliphatic rings. The molecule has 1 fully saturated rings. The van der Waals surface area contributed by atoms with E-state index in [4.69, 9.17) is 14.6 Å². The summed E-state index contributed by atoms with van der Waals surface area (Å²) < 4.78 is 37.3. The first-order chi connectivity index (χ1) is 10.8. The van der Waals surface area contributed by atoms with E-state index in [1.54, 1.807) is 19.5 Å². The highest BCUT2D eigenvalue weighted by Crippen LogP contribution is 2.21. The van der Waals surface area contributed by atoms with Crippen LogP contribution in [0.4, 0.5) is 13.2 Å². The van der Waals surface area contributed by atoms with Crippen LogP contribution in [0, 0.1) is 11.8 Å². The standard InChI is InChI=1S/C12H15N3O.C2HF3O2/c1-16-12(4-6-13-7-5-12)3-2-11-8-14-10-15-9-11;3-2(4,5)1(6)7/h8-10,13H,4-7H2,1H3;(H,6,7). The van der Waals surface area contributed by atoms with Gasteiger partial charge in [-0.2, -0.15) is 13.2 Å². The lowest BCUT2D eigenvalue weighted by Gasteiger charge is -2.31. The number of rotatable bonds is 1. The van der Waals surface area contributed by atoms with Crippen LogP contribution in [0.5, 0.6) is 0 Å². The number of aromatic nitrogens is 2. The van der Waals surface area contributed by atoms with Gasteiger partial charge in [-0.1, -0.05) is 11.8 Å². The molecule has 1 aromatic rings. The average Bonchev–Trinajstić information content (AvgIpc) is 2.54. The Morgan fingerprint density at radius 3 is 2.30 bits per heavy atom. The van der Waals surface area contributed by atoms with E-state index in [1.807, 2.05) is 0 Å². The first-order valence-electron chi connectivity index (χ1n) is 6.63. The molecule has 23 heavy (non-hydrogen) atoms. The summed E-state index contributed by atoms with van der Waals surface area (Å²) in [5, 5.41) is 10.4. The number of hydrogen-bond acceptors (Lipinski definition) is 5. The molecule has 0 aromatic carbocycles. The third kappa shape index (κ3) is 6.63. The molecule has 1 aromatic heterocycles. The number of halogens is 3. The lowest BCUT2D eigenvalue weighted by Crippen LogP contribution is -2.42. The SMILES string of the molecule is COC1(C#Cc2cncnc2)CCNCC1.O=C(O)C(F)(F)F. The molecule has 2 rings (SSSR count). The fraction of sp³-hybridized carbons (Fsp3) is 0.500. The first-order valence-corrected chi connectivity index (χ1v) is 6.63. The topological polar surface area (TPSA) is 84.3 Å². The van der Waals surface area contributed by atoms with E-state index in [1.165, 1.54) is 6.33 Å². The Bertz CT molecular complexity index is 561. The van der Waals surface area contributed by atoms with Gasteiger partial charge in [0.2, 0.25) is 0 Å². The predicted octanol–water partition coefficient (Wildman–Crippen LogP) is 1.23. The van der Waals surface area contributed by atoms with Gasteiger partial charge in [0.1, 0.15) is 11.9 Å². The zero-order chi connectivity index (χ0) is 17.3. The Labute approximate surface area is 131 Å². The highest BCUT2D eigenvalue weighted by atomic mass is 19.4. The summed E-state index contributed by atoms with van der Waals surface area (Å²) in [7, 11) is 1.72. The average molecular weight is 331 g/mol. The fourth-order valence-electron chi connectivity index (χ4n) is 1.76. The Morgan fingerprint density at radius 1 is 1.35 bits per heavy atom. The third-order valence-corrected chi connectivity index (χ3v) is 3.04. The van der Waals surface area contributed by atoms with Crippen LogP contribution in [0.2, 0.25) is 0 Å². The molecule has 1 saturated heterocycles. The van der Waals surface area contributed by atoms with Crippen molar-refractivity contribution in [3.05, 3.63) is 24.3 Å². The normalized spacial score (nSPS) is 16.3. The van der Waals surface area contributed by atoms with Crippen LogP contribution < -0.4 is 5.32 Å². The van der Waals surface area contributed by atoms with Crippen LogP contribution in [0.15, 0.2) is 18.7 Å². The van der Waals surface area contributed by atoms with Crippen molar-refractivity contribution in [2.75, 3.05) is 20.2 Å². The molecular formula is C14H16F3N3O3. The summed E-state index contributed by atoms with van der Waals surface area (Å²) in [6.45, 7) is 1.90. The van der Waals surface area contributed by atoms with Gasteiger partial charge in [0.05, 0.1) is 5.56 Å². The number of piperidine rings is 1. The number of methoxy groups -OCH3 is 1. The van der Waals surface area contributed by atoms with E-state index in [0.717, 1.165) is 31.5 Å². The van der Waals surface area contributed by atoms with Crippen LogP contribution in [0.25, 0.3) is 0 Å². The highest BCUT2D eigenvalue weighted by molar-refractivity contribution is 5.73. The van der Waals surface area contributed by atoms with Gasteiger partial charge >= 0.3 is 12.1 Å². The minimum Gasteiger partial charge on any atom is -0.475 e. The molecule has 0 amide bonds. The van der Waals surface area contributed by atoms with E-state index in [2.05, 4.69) is 27.1 Å². The smallest absolute Gasteiger partial charge is 0.475 e. The van der Waals surface area contributed by atoms with Crippen molar-refractivity contribution in [3.63, 3.8) is 0 Å².